The summed E-state index contributed by atoms with van der Waals surface area (Å²) in [6.45, 7) is 6.24. The van der Waals surface area contributed by atoms with Gasteiger partial charge in [-0.1, -0.05) is 29.8 Å². The number of nitrogens with zero attached hydrogens (tertiary/aromatic N) is 5. The maximum Gasteiger partial charge on any atom is 0.332 e. The highest BCUT2D eigenvalue weighted by atomic mass is 16.2. The molecule has 4 aromatic rings. The molecule has 1 atom stereocenters. The molecule has 0 saturated carbocycles. The van der Waals surface area contributed by atoms with Crippen LogP contribution < -0.4 is 21.9 Å². The number of piperidine rings is 1. The van der Waals surface area contributed by atoms with Crippen molar-refractivity contribution in [2.75, 3.05) is 18.0 Å². The third kappa shape index (κ3) is 3.75. The van der Waals surface area contributed by atoms with Crippen molar-refractivity contribution >= 4 is 28.0 Å². The topological polar surface area (TPSA) is 107 Å². The number of benzene rings is 1. The van der Waals surface area contributed by atoms with Gasteiger partial charge in [0.15, 0.2) is 11.2 Å². The molecule has 0 bridgehead atoms. The Morgan fingerprint density at radius 1 is 1.24 bits per heavy atom. The fourth-order valence-corrected chi connectivity index (χ4v) is 4.81. The summed E-state index contributed by atoms with van der Waals surface area (Å²) in [7, 11) is 1.68. The standard InChI is InChI=1S/C25H31N7O2/c1-16(2)10-12-31-21-22(28-24(31)30-11-6-7-18(26)15-30)29(3)25(34)32(23(21)33)14-17-13-27-20-9-5-4-8-19(17)20/h4-5,8-10,13,18,27H,6-7,11-12,14-15,26H2,1-3H3. The third-order valence-corrected chi connectivity index (χ3v) is 6.64. The molecule has 3 aromatic heterocycles. The number of nitrogens with one attached hydrogen (secondary N) is 1. The zero-order valence-electron chi connectivity index (χ0n) is 19.9. The Balaban J connectivity index is 1.71. The van der Waals surface area contributed by atoms with Gasteiger partial charge in [-0.15, -0.1) is 0 Å². The van der Waals surface area contributed by atoms with E-state index in [1.807, 2.05) is 48.9 Å². The molecule has 1 aliphatic rings. The zero-order valence-corrected chi connectivity index (χ0v) is 19.9. The Morgan fingerprint density at radius 2 is 2.03 bits per heavy atom. The van der Waals surface area contributed by atoms with Crippen molar-refractivity contribution in [2.45, 2.75) is 45.8 Å². The number of allylic oxidation sites excluding steroid dienone is 2. The molecule has 34 heavy (non-hydrogen) atoms. The van der Waals surface area contributed by atoms with Gasteiger partial charge >= 0.3 is 5.69 Å². The van der Waals surface area contributed by atoms with Gasteiger partial charge in [-0.05, 0) is 38.3 Å². The lowest BCUT2D eigenvalue weighted by Gasteiger charge is -2.31. The van der Waals surface area contributed by atoms with Gasteiger partial charge < -0.3 is 20.2 Å². The van der Waals surface area contributed by atoms with Crippen molar-refractivity contribution in [2.24, 2.45) is 12.8 Å². The Hall–Kier alpha value is -3.59. The van der Waals surface area contributed by atoms with Crippen molar-refractivity contribution in [3.8, 4) is 0 Å². The zero-order chi connectivity index (χ0) is 24.0. The number of hydrogen-bond acceptors (Lipinski definition) is 5. The van der Waals surface area contributed by atoms with E-state index < -0.39 is 0 Å². The van der Waals surface area contributed by atoms with Crippen LogP contribution in [0.2, 0.25) is 0 Å². The Kier molecular flexibility index (Phi) is 5.65. The average Bonchev–Trinajstić information content (AvgIpc) is 3.41. The molecule has 3 N–H and O–H groups in total. The molecule has 0 amide bonds. The fourth-order valence-electron chi connectivity index (χ4n) is 4.81. The van der Waals surface area contributed by atoms with E-state index in [0.29, 0.717) is 30.2 Å². The summed E-state index contributed by atoms with van der Waals surface area (Å²) in [5.74, 6) is 0.694. The second-order valence-electron chi connectivity index (χ2n) is 9.42. The highest BCUT2D eigenvalue weighted by molar-refractivity contribution is 5.83. The van der Waals surface area contributed by atoms with Crippen LogP contribution >= 0.6 is 0 Å². The maximum atomic E-state index is 13.8. The van der Waals surface area contributed by atoms with E-state index in [-0.39, 0.29) is 23.8 Å². The van der Waals surface area contributed by atoms with Crippen molar-refractivity contribution in [3.05, 3.63) is 68.5 Å². The van der Waals surface area contributed by atoms with Crippen LogP contribution in [0.3, 0.4) is 0 Å². The lowest BCUT2D eigenvalue weighted by Crippen LogP contribution is -2.44. The van der Waals surface area contributed by atoms with Crippen molar-refractivity contribution in [1.29, 1.82) is 0 Å². The number of aryl methyl sites for hydroxylation is 1. The molecule has 1 aromatic carbocycles. The fraction of sp³-hybridized carbons (Fsp3) is 0.400. The second kappa shape index (κ2) is 8.64. The molecular weight excluding hydrogens is 430 g/mol. The van der Waals surface area contributed by atoms with E-state index in [1.165, 1.54) is 9.13 Å². The highest BCUT2D eigenvalue weighted by Crippen LogP contribution is 2.24. The first-order valence-corrected chi connectivity index (χ1v) is 11.7. The number of imidazole rings is 1. The third-order valence-electron chi connectivity index (χ3n) is 6.64. The summed E-state index contributed by atoms with van der Waals surface area (Å²) in [6, 6.07) is 7.94. The monoisotopic (exact) mass is 461 g/mol. The number of hydrogen-bond donors (Lipinski definition) is 2. The molecule has 4 heterocycles. The van der Waals surface area contributed by atoms with Crippen LogP contribution in [-0.4, -0.2) is 42.8 Å². The predicted octanol–water partition coefficient (Wildman–Crippen LogP) is 2.32. The molecule has 1 unspecified atom stereocenters. The lowest BCUT2D eigenvalue weighted by molar-refractivity contribution is 0.495. The molecule has 9 heteroatoms. The second-order valence-corrected chi connectivity index (χ2v) is 9.42. The van der Waals surface area contributed by atoms with Crippen molar-refractivity contribution in [1.82, 2.24) is 23.7 Å². The summed E-state index contributed by atoms with van der Waals surface area (Å²) >= 11 is 0. The molecule has 0 aliphatic carbocycles. The number of anilines is 1. The van der Waals surface area contributed by atoms with Crippen LogP contribution in [-0.2, 0) is 20.1 Å². The molecule has 0 radical (unpaired) electrons. The quantitative estimate of drug-likeness (QED) is 0.444. The van der Waals surface area contributed by atoms with Gasteiger partial charge in [0.25, 0.3) is 5.56 Å². The van der Waals surface area contributed by atoms with Gasteiger partial charge in [-0.3, -0.25) is 13.9 Å². The molecule has 1 fully saturated rings. The van der Waals surface area contributed by atoms with Crippen molar-refractivity contribution < 1.29 is 0 Å². The van der Waals surface area contributed by atoms with Gasteiger partial charge in [-0.2, -0.15) is 4.98 Å². The molecule has 9 nitrogen and oxygen atoms in total. The minimum absolute atomic E-state index is 0.0628. The Labute approximate surface area is 197 Å². The van der Waals surface area contributed by atoms with E-state index in [1.54, 1.807) is 7.05 Å². The van der Waals surface area contributed by atoms with Gasteiger partial charge in [-0.25, -0.2) is 4.79 Å². The minimum atomic E-state index is -0.378. The lowest BCUT2D eigenvalue weighted by atomic mass is 10.1. The SMILES string of the molecule is CC(C)=CCn1c(N2CCCC(N)C2)nc2c1c(=O)n(Cc1c[nH]c3ccccc13)c(=O)n2C. The molecule has 1 saturated heterocycles. The maximum absolute atomic E-state index is 13.8. The first-order chi connectivity index (χ1) is 16.3. The van der Waals surface area contributed by atoms with Crippen LogP contribution in [0.25, 0.3) is 22.1 Å². The normalized spacial score (nSPS) is 16.5. The van der Waals surface area contributed by atoms with Gasteiger partial charge in [0.2, 0.25) is 5.95 Å². The van der Waals surface area contributed by atoms with Crippen LogP contribution in [0.5, 0.6) is 0 Å². The van der Waals surface area contributed by atoms with E-state index in [9.17, 15) is 9.59 Å². The van der Waals surface area contributed by atoms with E-state index >= 15 is 0 Å². The molecule has 1 aliphatic heterocycles. The Morgan fingerprint density at radius 3 is 2.79 bits per heavy atom. The van der Waals surface area contributed by atoms with E-state index in [2.05, 4.69) is 16.0 Å². The van der Waals surface area contributed by atoms with Crippen LogP contribution in [0.4, 0.5) is 5.95 Å². The first kappa shape index (κ1) is 22.2. The molecule has 178 valence electrons. The summed E-state index contributed by atoms with van der Waals surface area (Å²) in [6.07, 6.45) is 5.88. The smallest absolute Gasteiger partial charge is 0.332 e. The number of aromatic amines is 1. The summed E-state index contributed by atoms with van der Waals surface area (Å²) in [4.78, 5) is 37.3. The number of fused-ring (bicyclic) bond motifs is 2. The van der Waals surface area contributed by atoms with Crippen LogP contribution in [0.1, 0.15) is 32.3 Å². The summed E-state index contributed by atoms with van der Waals surface area (Å²) < 4.78 is 4.73. The number of rotatable bonds is 5. The van der Waals surface area contributed by atoms with Crippen LogP contribution in [0.15, 0.2) is 51.7 Å². The largest absolute Gasteiger partial charge is 0.361 e. The first-order valence-electron chi connectivity index (χ1n) is 11.7. The van der Waals surface area contributed by atoms with Crippen molar-refractivity contribution in [3.63, 3.8) is 0 Å². The number of para-hydroxylation sites is 1. The molecule has 5 rings (SSSR count). The summed E-state index contributed by atoms with van der Waals surface area (Å²) in [5.41, 5.74) is 9.39. The Bertz CT molecular complexity index is 1510. The molecule has 0 spiro atoms. The number of aromatic nitrogens is 5. The highest BCUT2D eigenvalue weighted by Gasteiger charge is 2.26. The van der Waals surface area contributed by atoms with Crippen LogP contribution in [0, 0.1) is 0 Å². The number of H-pyrrole nitrogens is 1. The van der Waals surface area contributed by atoms with Gasteiger partial charge in [0.1, 0.15) is 0 Å². The molecular formula is C25H31N7O2. The summed E-state index contributed by atoms with van der Waals surface area (Å²) in [5, 5.41) is 0.998. The van der Waals surface area contributed by atoms with Gasteiger partial charge in [0, 0.05) is 49.8 Å². The predicted molar refractivity (Wildman–Crippen MR) is 135 cm³/mol. The average molecular weight is 462 g/mol. The van der Waals surface area contributed by atoms with E-state index in [4.69, 9.17) is 10.7 Å². The van der Waals surface area contributed by atoms with E-state index in [0.717, 1.165) is 41.4 Å². The number of nitrogens with two attached hydrogens (primary N) is 1. The minimum Gasteiger partial charge on any atom is -0.361 e. The van der Waals surface area contributed by atoms with Gasteiger partial charge in [0.05, 0.1) is 6.54 Å².